The summed E-state index contributed by atoms with van der Waals surface area (Å²) in [4.78, 5) is 2.45. The van der Waals surface area contributed by atoms with Crippen LogP contribution < -0.4 is 4.90 Å². The minimum atomic E-state index is -0.526. The van der Waals surface area contributed by atoms with Gasteiger partial charge in [0.1, 0.15) is 0 Å². The highest BCUT2D eigenvalue weighted by atomic mass is 15.1. The molecule has 2 aromatic heterocycles. The van der Waals surface area contributed by atoms with E-state index in [1.807, 2.05) is 0 Å². The molecule has 0 atom stereocenters. The van der Waals surface area contributed by atoms with E-state index in [1.165, 1.54) is 71.7 Å². The number of para-hydroxylation sites is 2. The van der Waals surface area contributed by atoms with E-state index >= 15 is 0 Å². The fourth-order valence-corrected chi connectivity index (χ4v) is 11.0. The summed E-state index contributed by atoms with van der Waals surface area (Å²) in [6.45, 7) is 0. The van der Waals surface area contributed by atoms with Crippen LogP contribution in [0.1, 0.15) is 22.3 Å². The van der Waals surface area contributed by atoms with Gasteiger partial charge in [0.05, 0.1) is 22.0 Å². The lowest BCUT2D eigenvalue weighted by Gasteiger charge is -2.35. The fraction of sp³-hybridized carbons (Fsp3) is 0.0159. The van der Waals surface area contributed by atoms with Gasteiger partial charge in [-0.1, -0.05) is 176 Å². The molecule has 0 amide bonds. The van der Waals surface area contributed by atoms with E-state index in [0.717, 1.165) is 34.0 Å². The maximum Gasteiger partial charge on any atom is 0.0714 e. The van der Waals surface area contributed by atoms with E-state index in [0.29, 0.717) is 0 Å². The van der Waals surface area contributed by atoms with Gasteiger partial charge in [0.2, 0.25) is 0 Å². The van der Waals surface area contributed by atoms with Crippen molar-refractivity contribution in [3.05, 3.63) is 283 Å². The standard InChI is InChI=1S/C63H43N3/c1-6-18-44(19-7-1)45-30-32-50(33-31-45)65(52-34-36-54-53-28-16-17-29-58(53)63(59(54)43-52,46-20-8-2-9-21-46)47-22-10-3-11-23-47)51-35-38-61-57(42-51)55-37-39-60-56(40-41-64(60)48-24-12-4-13-25-48)62(55)66(61)49-26-14-5-15-27-49/h1-43H. The largest absolute Gasteiger partial charge is 0.316 e. The van der Waals surface area contributed by atoms with Crippen LogP contribution in [0.25, 0.3) is 66.3 Å². The smallest absolute Gasteiger partial charge is 0.0714 e. The van der Waals surface area contributed by atoms with Gasteiger partial charge in [-0.15, -0.1) is 0 Å². The lowest BCUT2D eigenvalue weighted by Crippen LogP contribution is -2.28. The Balaban J connectivity index is 1.06. The highest BCUT2D eigenvalue weighted by Crippen LogP contribution is 2.57. The van der Waals surface area contributed by atoms with Crippen molar-refractivity contribution in [2.45, 2.75) is 5.41 Å². The van der Waals surface area contributed by atoms with Gasteiger partial charge in [-0.25, -0.2) is 0 Å². The van der Waals surface area contributed by atoms with Crippen LogP contribution in [0.3, 0.4) is 0 Å². The first-order valence-electron chi connectivity index (χ1n) is 22.8. The third-order valence-electron chi connectivity index (χ3n) is 13.8. The first kappa shape index (κ1) is 37.9. The van der Waals surface area contributed by atoms with Gasteiger partial charge in [0.25, 0.3) is 0 Å². The van der Waals surface area contributed by atoms with Crippen molar-refractivity contribution in [2.24, 2.45) is 0 Å². The van der Waals surface area contributed by atoms with Crippen LogP contribution >= 0.6 is 0 Å². The predicted molar refractivity (Wildman–Crippen MR) is 275 cm³/mol. The van der Waals surface area contributed by atoms with Crippen molar-refractivity contribution in [1.82, 2.24) is 9.13 Å². The molecule has 0 fully saturated rings. The zero-order valence-corrected chi connectivity index (χ0v) is 36.2. The molecule has 3 nitrogen and oxygen atoms in total. The van der Waals surface area contributed by atoms with Crippen LogP contribution in [0.15, 0.2) is 261 Å². The van der Waals surface area contributed by atoms with E-state index in [2.05, 4.69) is 275 Å². The number of aromatic nitrogens is 2. The van der Waals surface area contributed by atoms with Gasteiger partial charge < -0.3 is 14.0 Å². The number of benzene rings is 10. The Morgan fingerprint density at radius 3 is 1.56 bits per heavy atom. The Kier molecular flexibility index (Phi) is 8.75. The van der Waals surface area contributed by atoms with Crippen molar-refractivity contribution in [3.63, 3.8) is 0 Å². The van der Waals surface area contributed by atoms with E-state index in [-0.39, 0.29) is 0 Å². The molecule has 1 aliphatic rings. The molecule has 0 bridgehead atoms. The fourth-order valence-electron chi connectivity index (χ4n) is 11.0. The molecule has 0 N–H and O–H groups in total. The summed E-state index contributed by atoms with van der Waals surface area (Å²) in [6.07, 6.45) is 2.20. The maximum absolute atomic E-state index is 2.47. The van der Waals surface area contributed by atoms with Crippen LogP contribution in [-0.4, -0.2) is 9.13 Å². The Morgan fingerprint density at radius 1 is 0.333 bits per heavy atom. The SMILES string of the molecule is c1ccc(-c2ccc(N(c3ccc4c(c3)C(c3ccccc3)(c3ccccc3)c3ccccc3-4)c3ccc4c(c3)c3ccc5c(ccn5-c5ccccc5)c3n4-c3ccccc3)cc2)cc1. The van der Waals surface area contributed by atoms with Crippen molar-refractivity contribution < 1.29 is 0 Å². The summed E-state index contributed by atoms with van der Waals surface area (Å²) >= 11 is 0. The molecule has 66 heavy (non-hydrogen) atoms. The molecular formula is C63H43N3. The Hall–Kier alpha value is -8.66. The molecule has 2 heterocycles. The van der Waals surface area contributed by atoms with Gasteiger partial charge >= 0.3 is 0 Å². The van der Waals surface area contributed by atoms with Crippen LogP contribution in [-0.2, 0) is 5.41 Å². The molecule has 13 rings (SSSR count). The second kappa shape index (κ2) is 15.3. The van der Waals surface area contributed by atoms with Crippen molar-refractivity contribution in [2.75, 3.05) is 4.90 Å². The number of anilines is 3. The van der Waals surface area contributed by atoms with E-state index in [9.17, 15) is 0 Å². The molecule has 0 saturated heterocycles. The Morgan fingerprint density at radius 2 is 0.864 bits per heavy atom. The quantitative estimate of drug-likeness (QED) is 0.149. The van der Waals surface area contributed by atoms with Gasteiger partial charge in [0.15, 0.2) is 0 Å². The first-order chi connectivity index (χ1) is 32.8. The molecule has 310 valence electrons. The minimum Gasteiger partial charge on any atom is -0.316 e. The topological polar surface area (TPSA) is 13.1 Å². The summed E-state index contributed by atoms with van der Waals surface area (Å²) in [5.74, 6) is 0. The van der Waals surface area contributed by atoms with Crippen molar-refractivity contribution in [3.8, 4) is 33.6 Å². The van der Waals surface area contributed by atoms with Crippen molar-refractivity contribution >= 4 is 49.8 Å². The lowest BCUT2D eigenvalue weighted by molar-refractivity contribution is 0.768. The van der Waals surface area contributed by atoms with Crippen LogP contribution in [0.2, 0.25) is 0 Å². The predicted octanol–water partition coefficient (Wildman–Crippen LogP) is 16.2. The Labute approximate surface area is 384 Å². The summed E-state index contributed by atoms with van der Waals surface area (Å²) in [7, 11) is 0. The Bertz CT molecular complexity index is 3680. The summed E-state index contributed by atoms with van der Waals surface area (Å²) in [6, 6.07) is 93.3. The third-order valence-corrected chi connectivity index (χ3v) is 13.8. The second-order valence-electron chi connectivity index (χ2n) is 17.3. The summed E-state index contributed by atoms with van der Waals surface area (Å²) in [5.41, 5.74) is 18.5. The van der Waals surface area contributed by atoms with Crippen LogP contribution in [0.4, 0.5) is 17.1 Å². The number of fused-ring (bicyclic) bond motifs is 8. The molecule has 3 heteroatoms. The van der Waals surface area contributed by atoms with E-state index in [1.54, 1.807) is 0 Å². The summed E-state index contributed by atoms with van der Waals surface area (Å²) in [5, 5.41) is 3.62. The average molecular weight is 842 g/mol. The number of nitrogens with zero attached hydrogens (tertiary/aromatic N) is 3. The molecule has 12 aromatic rings. The molecule has 10 aromatic carbocycles. The molecule has 0 unspecified atom stereocenters. The number of hydrogen-bond acceptors (Lipinski definition) is 1. The minimum absolute atomic E-state index is 0.526. The highest BCUT2D eigenvalue weighted by Gasteiger charge is 2.46. The highest BCUT2D eigenvalue weighted by molar-refractivity contribution is 6.19. The first-order valence-corrected chi connectivity index (χ1v) is 22.8. The van der Waals surface area contributed by atoms with Gasteiger partial charge in [0, 0.05) is 50.8 Å². The van der Waals surface area contributed by atoms with Crippen LogP contribution in [0.5, 0.6) is 0 Å². The number of rotatable bonds is 8. The molecule has 0 spiro atoms. The molecular weight excluding hydrogens is 799 g/mol. The third kappa shape index (κ3) is 5.77. The van der Waals surface area contributed by atoms with E-state index in [4.69, 9.17) is 0 Å². The van der Waals surface area contributed by atoms with Gasteiger partial charge in [-0.3, -0.25) is 0 Å². The van der Waals surface area contributed by atoms with Crippen LogP contribution in [0, 0.1) is 0 Å². The molecule has 0 saturated carbocycles. The average Bonchev–Trinajstić information content (AvgIpc) is 4.07. The number of hydrogen-bond donors (Lipinski definition) is 0. The zero-order chi connectivity index (χ0) is 43.6. The molecule has 0 radical (unpaired) electrons. The second-order valence-corrected chi connectivity index (χ2v) is 17.3. The monoisotopic (exact) mass is 841 g/mol. The van der Waals surface area contributed by atoms with Crippen molar-refractivity contribution in [1.29, 1.82) is 0 Å². The molecule has 1 aliphatic carbocycles. The molecule has 0 aliphatic heterocycles. The normalized spacial score (nSPS) is 12.7. The summed E-state index contributed by atoms with van der Waals surface area (Å²) < 4.78 is 4.75. The lowest BCUT2D eigenvalue weighted by atomic mass is 9.67. The van der Waals surface area contributed by atoms with Gasteiger partial charge in [-0.05, 0) is 123 Å². The van der Waals surface area contributed by atoms with Gasteiger partial charge in [-0.2, -0.15) is 0 Å². The zero-order valence-electron chi connectivity index (χ0n) is 36.2. The maximum atomic E-state index is 2.47. The van der Waals surface area contributed by atoms with E-state index < -0.39 is 5.41 Å².